The van der Waals surface area contributed by atoms with E-state index in [0.717, 1.165) is 24.9 Å². The molecule has 0 aromatic heterocycles. The van der Waals surface area contributed by atoms with Crippen LogP contribution in [0.4, 0.5) is 0 Å². The summed E-state index contributed by atoms with van der Waals surface area (Å²) >= 11 is 0. The lowest BCUT2D eigenvalue weighted by atomic mass is 10.0. The van der Waals surface area contributed by atoms with Gasteiger partial charge in [0, 0.05) is 12.1 Å². The van der Waals surface area contributed by atoms with E-state index < -0.39 is 0 Å². The van der Waals surface area contributed by atoms with Crippen LogP contribution in [0.2, 0.25) is 0 Å². The number of halogens is 1. The zero-order valence-corrected chi connectivity index (χ0v) is 12.6. The lowest BCUT2D eigenvalue weighted by molar-refractivity contribution is -0.127. The fourth-order valence-corrected chi connectivity index (χ4v) is 2.37. The molecule has 2 atom stereocenters. The predicted octanol–water partition coefficient (Wildman–Crippen LogP) is 1.88. The molecule has 1 aromatic rings. The Kier molecular flexibility index (Phi) is 7.59. The fraction of sp³-hybridized carbons (Fsp3) is 0.533. The zero-order chi connectivity index (χ0) is 13.5. The highest BCUT2D eigenvalue weighted by atomic mass is 35.5. The van der Waals surface area contributed by atoms with Crippen LogP contribution in [-0.2, 0) is 16.1 Å². The molecule has 2 rings (SSSR count). The van der Waals surface area contributed by atoms with E-state index in [4.69, 9.17) is 4.74 Å². The van der Waals surface area contributed by atoms with Gasteiger partial charge in [-0.15, -0.1) is 12.4 Å². The maximum atomic E-state index is 11.8. The van der Waals surface area contributed by atoms with E-state index in [9.17, 15) is 4.79 Å². The summed E-state index contributed by atoms with van der Waals surface area (Å²) < 4.78 is 5.42. The number of ether oxygens (including phenoxy) is 1. The average molecular weight is 299 g/mol. The van der Waals surface area contributed by atoms with Crippen LogP contribution in [0.25, 0.3) is 0 Å². The minimum absolute atomic E-state index is 0. The van der Waals surface area contributed by atoms with Crippen LogP contribution in [0.15, 0.2) is 30.3 Å². The van der Waals surface area contributed by atoms with Gasteiger partial charge < -0.3 is 15.4 Å². The second kappa shape index (κ2) is 8.95. The van der Waals surface area contributed by atoms with E-state index in [1.54, 1.807) is 0 Å². The lowest BCUT2D eigenvalue weighted by Crippen LogP contribution is -2.47. The lowest BCUT2D eigenvalue weighted by Gasteiger charge is -2.28. The van der Waals surface area contributed by atoms with Crippen molar-refractivity contribution >= 4 is 18.3 Å². The number of hydrogen-bond donors (Lipinski definition) is 2. The topological polar surface area (TPSA) is 50.4 Å². The van der Waals surface area contributed by atoms with Gasteiger partial charge in [-0.3, -0.25) is 4.79 Å². The Labute approximate surface area is 126 Å². The first kappa shape index (κ1) is 17.0. The van der Waals surface area contributed by atoms with E-state index >= 15 is 0 Å². The number of hydrogen-bond acceptors (Lipinski definition) is 3. The van der Waals surface area contributed by atoms with E-state index in [1.807, 2.05) is 30.3 Å². The number of amides is 1. The molecule has 0 saturated carbocycles. The Bertz CT molecular complexity index is 400. The van der Waals surface area contributed by atoms with Crippen LogP contribution in [0, 0.1) is 0 Å². The molecule has 1 heterocycles. The summed E-state index contributed by atoms with van der Waals surface area (Å²) in [5.41, 5.74) is 1.09. The minimum Gasteiger partial charge on any atom is -0.367 e. The van der Waals surface area contributed by atoms with E-state index in [-0.39, 0.29) is 31.0 Å². The summed E-state index contributed by atoms with van der Waals surface area (Å²) in [6.07, 6.45) is 1.99. The molecule has 0 aliphatic carbocycles. The summed E-state index contributed by atoms with van der Waals surface area (Å²) in [6.45, 7) is 3.73. The Morgan fingerprint density at radius 1 is 1.40 bits per heavy atom. The summed E-state index contributed by atoms with van der Waals surface area (Å²) in [6, 6.07) is 10.6. The first-order valence-corrected chi connectivity index (χ1v) is 6.88. The van der Waals surface area contributed by atoms with Gasteiger partial charge in [0.05, 0.1) is 6.61 Å². The van der Waals surface area contributed by atoms with Crippen LogP contribution in [0.3, 0.4) is 0 Å². The van der Waals surface area contributed by atoms with Crippen LogP contribution >= 0.6 is 12.4 Å². The van der Waals surface area contributed by atoms with Crippen LogP contribution < -0.4 is 10.6 Å². The zero-order valence-electron chi connectivity index (χ0n) is 11.8. The molecule has 1 saturated heterocycles. The number of piperidine rings is 1. The number of carbonyl (C=O) groups excluding carboxylic acids is 1. The second-order valence-corrected chi connectivity index (χ2v) is 5.12. The maximum absolute atomic E-state index is 11.8. The quantitative estimate of drug-likeness (QED) is 0.873. The van der Waals surface area contributed by atoms with Gasteiger partial charge in [-0.05, 0) is 31.9 Å². The highest BCUT2D eigenvalue weighted by molar-refractivity contribution is 5.85. The molecule has 20 heavy (non-hydrogen) atoms. The van der Waals surface area contributed by atoms with Crippen molar-refractivity contribution in [2.75, 3.05) is 13.2 Å². The van der Waals surface area contributed by atoms with Crippen molar-refractivity contribution in [2.24, 2.45) is 0 Å². The molecule has 1 amide bonds. The maximum Gasteiger partial charge on any atom is 0.246 e. The summed E-state index contributed by atoms with van der Waals surface area (Å²) in [7, 11) is 0. The van der Waals surface area contributed by atoms with Gasteiger partial charge in [0.1, 0.15) is 6.61 Å². The minimum atomic E-state index is -0.0185. The molecule has 1 fully saturated rings. The largest absolute Gasteiger partial charge is 0.367 e. The molecule has 5 heteroatoms. The summed E-state index contributed by atoms with van der Waals surface area (Å²) in [5.74, 6) is -0.0185. The standard InChI is InChI=1S/C15H22N2O2.ClH/c1-12-9-14(7-8-16-12)17-15(18)11-19-10-13-5-3-2-4-6-13;/h2-6,12,14,16H,7-11H2,1H3,(H,17,18);1H. The van der Waals surface area contributed by atoms with Crippen molar-refractivity contribution in [3.63, 3.8) is 0 Å². The molecule has 1 aliphatic rings. The van der Waals surface area contributed by atoms with Crippen molar-refractivity contribution in [1.29, 1.82) is 0 Å². The summed E-state index contributed by atoms with van der Waals surface area (Å²) in [4.78, 5) is 11.8. The van der Waals surface area contributed by atoms with E-state index in [2.05, 4.69) is 17.6 Å². The van der Waals surface area contributed by atoms with E-state index in [0.29, 0.717) is 12.6 Å². The molecule has 112 valence electrons. The first-order valence-electron chi connectivity index (χ1n) is 6.88. The molecule has 1 aliphatic heterocycles. The van der Waals surface area contributed by atoms with Crippen molar-refractivity contribution in [3.05, 3.63) is 35.9 Å². The normalized spacial score (nSPS) is 21.9. The molecule has 0 spiro atoms. The van der Waals surface area contributed by atoms with Crippen molar-refractivity contribution in [1.82, 2.24) is 10.6 Å². The third kappa shape index (κ3) is 5.90. The number of carbonyl (C=O) groups is 1. The van der Waals surface area contributed by atoms with Crippen molar-refractivity contribution in [3.8, 4) is 0 Å². The van der Waals surface area contributed by atoms with E-state index in [1.165, 1.54) is 0 Å². The van der Waals surface area contributed by atoms with Gasteiger partial charge >= 0.3 is 0 Å². The SMILES string of the molecule is CC1CC(NC(=O)COCc2ccccc2)CCN1.Cl. The van der Waals surface area contributed by atoms with Gasteiger partial charge in [-0.1, -0.05) is 30.3 Å². The van der Waals surface area contributed by atoms with Gasteiger partial charge in [0.25, 0.3) is 0 Å². The fourth-order valence-electron chi connectivity index (χ4n) is 2.37. The molecule has 1 aromatic carbocycles. The predicted molar refractivity (Wildman–Crippen MR) is 82.0 cm³/mol. The Morgan fingerprint density at radius 2 is 2.15 bits per heavy atom. The molecule has 2 N–H and O–H groups in total. The molecular formula is C15H23ClN2O2. The van der Waals surface area contributed by atoms with Gasteiger partial charge in [-0.25, -0.2) is 0 Å². The highest BCUT2D eigenvalue weighted by Gasteiger charge is 2.19. The van der Waals surface area contributed by atoms with Gasteiger partial charge in [0.2, 0.25) is 5.91 Å². The third-order valence-corrected chi connectivity index (χ3v) is 3.33. The monoisotopic (exact) mass is 298 g/mol. The van der Waals surface area contributed by atoms with Crippen LogP contribution in [-0.4, -0.2) is 31.1 Å². The second-order valence-electron chi connectivity index (χ2n) is 5.12. The number of rotatable bonds is 5. The molecule has 2 unspecified atom stereocenters. The molecule has 0 radical (unpaired) electrons. The van der Waals surface area contributed by atoms with Gasteiger partial charge in [-0.2, -0.15) is 0 Å². The Balaban J connectivity index is 0.00000200. The van der Waals surface area contributed by atoms with Crippen LogP contribution in [0.5, 0.6) is 0 Å². The smallest absolute Gasteiger partial charge is 0.246 e. The number of benzene rings is 1. The Morgan fingerprint density at radius 3 is 2.85 bits per heavy atom. The molecule has 4 nitrogen and oxygen atoms in total. The third-order valence-electron chi connectivity index (χ3n) is 3.33. The summed E-state index contributed by atoms with van der Waals surface area (Å²) in [5, 5.41) is 6.40. The van der Waals surface area contributed by atoms with Crippen molar-refractivity contribution < 1.29 is 9.53 Å². The van der Waals surface area contributed by atoms with Crippen molar-refractivity contribution in [2.45, 2.75) is 38.5 Å². The highest BCUT2D eigenvalue weighted by Crippen LogP contribution is 2.08. The Hall–Kier alpha value is -1.10. The average Bonchev–Trinajstić information content (AvgIpc) is 2.40. The first-order chi connectivity index (χ1) is 9.24. The van der Waals surface area contributed by atoms with Gasteiger partial charge in [0.15, 0.2) is 0 Å². The van der Waals surface area contributed by atoms with Crippen LogP contribution in [0.1, 0.15) is 25.3 Å². The molecular weight excluding hydrogens is 276 g/mol. The number of nitrogens with one attached hydrogen (secondary N) is 2. The molecule has 0 bridgehead atoms.